The van der Waals surface area contributed by atoms with E-state index >= 15 is 0 Å². The standard InChI is InChI=1S/C22H30O5/c1-22-9-8-16-15-5-4-14(26-12-24-2)10-18(15)20(23)11-17(16)19(22)6-7-21(22)27-13-25-3/h4-5,10,16-17,19,21H,6-9,11-13H2,1-3H3/t16-,17-,19+,21?,22+/m1/s1. The molecule has 2 saturated carbocycles. The smallest absolute Gasteiger partial charge is 0.188 e. The molecule has 0 amide bonds. The lowest BCUT2D eigenvalue weighted by Crippen LogP contribution is -2.45. The Hall–Kier alpha value is -1.43. The van der Waals surface area contributed by atoms with Crippen LogP contribution in [-0.2, 0) is 14.2 Å². The molecule has 0 N–H and O–H groups in total. The Morgan fingerprint density at radius 3 is 2.70 bits per heavy atom. The topological polar surface area (TPSA) is 54.0 Å². The van der Waals surface area contributed by atoms with Gasteiger partial charge in [0.05, 0.1) is 6.10 Å². The third-order valence-corrected chi connectivity index (χ3v) is 7.23. The van der Waals surface area contributed by atoms with Crippen molar-refractivity contribution in [1.29, 1.82) is 0 Å². The van der Waals surface area contributed by atoms with E-state index < -0.39 is 0 Å². The van der Waals surface area contributed by atoms with Crippen molar-refractivity contribution in [3.63, 3.8) is 0 Å². The normalized spacial score (nSPS) is 34.7. The molecule has 1 aromatic rings. The highest BCUT2D eigenvalue weighted by Gasteiger charge is 2.56. The molecule has 2 fully saturated rings. The zero-order valence-corrected chi connectivity index (χ0v) is 16.5. The lowest BCUT2D eigenvalue weighted by Gasteiger charge is -2.50. The summed E-state index contributed by atoms with van der Waals surface area (Å²) in [6.45, 7) is 2.91. The number of fused-ring (bicyclic) bond motifs is 5. The Labute approximate surface area is 161 Å². The summed E-state index contributed by atoms with van der Waals surface area (Å²) in [5.74, 6) is 2.38. The Bertz CT molecular complexity index is 702. The number of hydrogen-bond donors (Lipinski definition) is 0. The molecule has 0 bridgehead atoms. The van der Waals surface area contributed by atoms with Gasteiger partial charge in [-0.05, 0) is 66.5 Å². The van der Waals surface area contributed by atoms with E-state index in [1.54, 1.807) is 14.2 Å². The van der Waals surface area contributed by atoms with Crippen LogP contribution in [0, 0.1) is 17.3 Å². The molecule has 5 heteroatoms. The molecule has 3 aliphatic rings. The average molecular weight is 374 g/mol. The first-order valence-corrected chi connectivity index (χ1v) is 9.98. The van der Waals surface area contributed by atoms with Gasteiger partial charge in [0, 0.05) is 26.2 Å². The monoisotopic (exact) mass is 374 g/mol. The summed E-state index contributed by atoms with van der Waals surface area (Å²) in [5.41, 5.74) is 2.21. The molecule has 4 rings (SSSR count). The SMILES string of the molecule is COCOc1ccc2c(c1)C(=O)C[C@@H]1[C@@H]2CC[C@]2(C)C(OCOC)CC[C@@H]12. The molecular weight excluding hydrogens is 344 g/mol. The molecule has 27 heavy (non-hydrogen) atoms. The first-order chi connectivity index (χ1) is 13.1. The number of Topliss-reactive ketones (excluding diaryl/α,β-unsaturated/α-hetero) is 1. The van der Waals surface area contributed by atoms with Crippen molar-refractivity contribution in [3.8, 4) is 5.75 Å². The minimum atomic E-state index is 0.152. The molecule has 5 nitrogen and oxygen atoms in total. The number of carbonyl (C=O) groups is 1. The molecular formula is C22H30O5. The van der Waals surface area contributed by atoms with E-state index in [2.05, 4.69) is 13.0 Å². The molecule has 1 unspecified atom stereocenters. The Balaban J connectivity index is 1.58. The van der Waals surface area contributed by atoms with Gasteiger partial charge < -0.3 is 18.9 Å². The van der Waals surface area contributed by atoms with Crippen LogP contribution in [0.4, 0.5) is 0 Å². The Kier molecular flexibility index (Phi) is 5.28. The third-order valence-electron chi connectivity index (χ3n) is 7.23. The van der Waals surface area contributed by atoms with Crippen LogP contribution in [0.2, 0.25) is 0 Å². The molecule has 0 heterocycles. The maximum atomic E-state index is 13.0. The number of benzene rings is 1. The molecule has 5 atom stereocenters. The molecule has 0 aromatic heterocycles. The first kappa shape index (κ1) is 18.9. The summed E-state index contributed by atoms with van der Waals surface area (Å²) < 4.78 is 21.7. The number of ketones is 1. The van der Waals surface area contributed by atoms with E-state index in [9.17, 15) is 4.79 Å². The summed E-state index contributed by atoms with van der Waals surface area (Å²) in [4.78, 5) is 13.0. The minimum absolute atomic E-state index is 0.152. The fourth-order valence-electron chi connectivity index (χ4n) is 5.98. The average Bonchev–Trinajstić information content (AvgIpc) is 3.01. The summed E-state index contributed by atoms with van der Waals surface area (Å²) in [7, 11) is 3.27. The van der Waals surface area contributed by atoms with Crippen LogP contribution in [0.3, 0.4) is 0 Å². The van der Waals surface area contributed by atoms with Crippen molar-refractivity contribution >= 4 is 5.78 Å². The van der Waals surface area contributed by atoms with E-state index in [1.807, 2.05) is 12.1 Å². The van der Waals surface area contributed by atoms with Gasteiger partial charge in [-0.1, -0.05) is 13.0 Å². The van der Waals surface area contributed by atoms with Gasteiger partial charge in [-0.15, -0.1) is 0 Å². The highest BCUT2D eigenvalue weighted by molar-refractivity contribution is 5.99. The molecule has 0 aliphatic heterocycles. The van der Waals surface area contributed by atoms with Crippen LogP contribution < -0.4 is 4.74 Å². The van der Waals surface area contributed by atoms with Crippen molar-refractivity contribution in [2.75, 3.05) is 27.8 Å². The molecule has 3 aliphatic carbocycles. The van der Waals surface area contributed by atoms with Crippen molar-refractivity contribution in [3.05, 3.63) is 29.3 Å². The molecule has 1 aromatic carbocycles. The van der Waals surface area contributed by atoms with Crippen LogP contribution in [-0.4, -0.2) is 39.7 Å². The van der Waals surface area contributed by atoms with Crippen molar-refractivity contribution in [1.82, 2.24) is 0 Å². The quantitative estimate of drug-likeness (QED) is 0.700. The van der Waals surface area contributed by atoms with Gasteiger partial charge >= 0.3 is 0 Å². The fourth-order valence-corrected chi connectivity index (χ4v) is 5.98. The minimum Gasteiger partial charge on any atom is -0.468 e. The van der Waals surface area contributed by atoms with Crippen LogP contribution in [0.5, 0.6) is 5.75 Å². The largest absolute Gasteiger partial charge is 0.468 e. The number of methoxy groups -OCH3 is 2. The van der Waals surface area contributed by atoms with Gasteiger partial charge in [-0.25, -0.2) is 0 Å². The van der Waals surface area contributed by atoms with E-state index in [1.165, 1.54) is 5.56 Å². The first-order valence-electron chi connectivity index (χ1n) is 9.98. The van der Waals surface area contributed by atoms with Crippen LogP contribution in [0.1, 0.15) is 60.9 Å². The van der Waals surface area contributed by atoms with Gasteiger partial charge in [0.1, 0.15) is 12.5 Å². The summed E-state index contributed by atoms with van der Waals surface area (Å²) >= 11 is 0. The van der Waals surface area contributed by atoms with Crippen LogP contribution >= 0.6 is 0 Å². The van der Waals surface area contributed by atoms with Crippen molar-refractivity contribution < 1.29 is 23.7 Å². The number of carbonyl (C=O) groups excluding carboxylic acids is 1. The predicted octanol–water partition coefficient (Wildman–Crippen LogP) is 4.15. The highest BCUT2D eigenvalue weighted by Crippen LogP contribution is 2.61. The second-order valence-electron chi connectivity index (χ2n) is 8.49. The number of hydrogen-bond acceptors (Lipinski definition) is 5. The molecule has 0 spiro atoms. The van der Waals surface area contributed by atoms with Gasteiger partial charge in [-0.3, -0.25) is 4.79 Å². The van der Waals surface area contributed by atoms with Crippen molar-refractivity contribution in [2.24, 2.45) is 17.3 Å². The summed E-state index contributed by atoms with van der Waals surface area (Å²) in [6.07, 6.45) is 5.35. The third kappa shape index (κ3) is 3.20. The molecule has 0 radical (unpaired) electrons. The number of rotatable bonds is 6. The van der Waals surface area contributed by atoms with E-state index in [0.29, 0.717) is 36.7 Å². The second-order valence-corrected chi connectivity index (χ2v) is 8.49. The lowest BCUT2D eigenvalue weighted by atomic mass is 9.55. The zero-order chi connectivity index (χ0) is 19.0. The van der Waals surface area contributed by atoms with Gasteiger partial charge in [0.25, 0.3) is 0 Å². The van der Waals surface area contributed by atoms with E-state index in [4.69, 9.17) is 18.9 Å². The number of ether oxygens (including phenoxy) is 4. The van der Waals surface area contributed by atoms with Gasteiger partial charge in [0.15, 0.2) is 12.6 Å². The highest BCUT2D eigenvalue weighted by atomic mass is 16.7. The maximum absolute atomic E-state index is 13.0. The molecule has 0 saturated heterocycles. The fraction of sp³-hybridized carbons (Fsp3) is 0.682. The Morgan fingerprint density at radius 2 is 1.93 bits per heavy atom. The lowest BCUT2D eigenvalue weighted by molar-refractivity contribution is -0.124. The Morgan fingerprint density at radius 1 is 1.11 bits per heavy atom. The second kappa shape index (κ2) is 7.53. The van der Waals surface area contributed by atoms with E-state index in [0.717, 1.165) is 31.2 Å². The summed E-state index contributed by atoms with van der Waals surface area (Å²) in [5, 5.41) is 0. The predicted molar refractivity (Wildman–Crippen MR) is 101 cm³/mol. The maximum Gasteiger partial charge on any atom is 0.188 e. The van der Waals surface area contributed by atoms with Crippen LogP contribution in [0.25, 0.3) is 0 Å². The van der Waals surface area contributed by atoms with E-state index in [-0.39, 0.29) is 24.1 Å². The van der Waals surface area contributed by atoms with Gasteiger partial charge in [-0.2, -0.15) is 0 Å². The van der Waals surface area contributed by atoms with Crippen LogP contribution in [0.15, 0.2) is 18.2 Å². The zero-order valence-electron chi connectivity index (χ0n) is 16.5. The van der Waals surface area contributed by atoms with Crippen molar-refractivity contribution in [2.45, 2.75) is 51.0 Å². The van der Waals surface area contributed by atoms with Gasteiger partial charge in [0.2, 0.25) is 0 Å². The summed E-state index contributed by atoms with van der Waals surface area (Å²) in [6, 6.07) is 5.98. The molecule has 148 valence electrons.